The van der Waals surface area contributed by atoms with Crippen LogP contribution in [-0.2, 0) is 9.59 Å². The second-order valence-corrected chi connectivity index (χ2v) is 5.12. The van der Waals surface area contributed by atoms with E-state index in [1.165, 1.54) is 12.2 Å². The first-order valence-electron chi connectivity index (χ1n) is 6.66. The molecule has 23 heavy (non-hydrogen) atoms. The highest BCUT2D eigenvalue weighted by molar-refractivity contribution is 6.09. The number of amides is 4. The van der Waals surface area contributed by atoms with Crippen LogP contribution in [0.1, 0.15) is 25.5 Å². The molecule has 0 aromatic heterocycles. The van der Waals surface area contributed by atoms with Crippen LogP contribution >= 0.6 is 0 Å². The summed E-state index contributed by atoms with van der Waals surface area (Å²) in [5, 5.41) is 3.09. The number of hydrogen-bond acceptors (Lipinski definition) is 3. The second kappa shape index (κ2) is 5.56. The van der Waals surface area contributed by atoms with Crippen LogP contribution in [0.15, 0.2) is 30.3 Å². The van der Waals surface area contributed by atoms with E-state index in [9.17, 15) is 27.6 Å². The van der Waals surface area contributed by atoms with Crippen LogP contribution in [0.4, 0.5) is 18.0 Å². The zero-order chi connectivity index (χ0) is 17.4. The summed E-state index contributed by atoms with van der Waals surface area (Å²) in [6, 6.07) is 5.97. The SMILES string of the molecule is CC(=O)NC1(C(F)(F)F)NC(=O)N(C(C)c2ccccc2)C1=O. The van der Waals surface area contributed by atoms with E-state index in [1.807, 2.05) is 0 Å². The Bertz CT molecular complexity index is 648. The van der Waals surface area contributed by atoms with Crippen molar-refractivity contribution in [2.45, 2.75) is 31.7 Å². The molecule has 2 rings (SSSR count). The number of benzene rings is 1. The number of hydrogen-bond donors (Lipinski definition) is 2. The molecular weight excluding hydrogens is 315 g/mol. The summed E-state index contributed by atoms with van der Waals surface area (Å²) in [7, 11) is 0. The van der Waals surface area contributed by atoms with Gasteiger partial charge in [0.1, 0.15) is 0 Å². The Balaban J connectivity index is 2.44. The van der Waals surface area contributed by atoms with Crippen LogP contribution in [0.5, 0.6) is 0 Å². The van der Waals surface area contributed by atoms with Gasteiger partial charge in [0, 0.05) is 6.92 Å². The molecular formula is C14H14F3N3O3. The van der Waals surface area contributed by atoms with E-state index in [1.54, 1.807) is 35.6 Å². The maximum Gasteiger partial charge on any atom is 0.440 e. The number of carbonyl (C=O) groups excluding carboxylic acids is 3. The smallest absolute Gasteiger partial charge is 0.318 e. The van der Waals surface area contributed by atoms with E-state index >= 15 is 0 Å². The van der Waals surface area contributed by atoms with E-state index < -0.39 is 35.7 Å². The summed E-state index contributed by atoms with van der Waals surface area (Å²) in [4.78, 5) is 35.9. The zero-order valence-electron chi connectivity index (χ0n) is 12.3. The highest BCUT2D eigenvalue weighted by Gasteiger charge is 2.69. The number of rotatable bonds is 3. The number of nitrogens with zero attached hydrogens (tertiary/aromatic N) is 1. The monoisotopic (exact) mass is 329 g/mol. The van der Waals surface area contributed by atoms with Gasteiger partial charge in [-0.25, -0.2) is 4.79 Å². The molecule has 1 aliphatic heterocycles. The summed E-state index contributed by atoms with van der Waals surface area (Å²) < 4.78 is 40.1. The molecule has 0 aliphatic carbocycles. The maximum absolute atomic E-state index is 13.4. The highest BCUT2D eigenvalue weighted by Crippen LogP contribution is 2.36. The third-order valence-corrected chi connectivity index (χ3v) is 3.51. The number of carbonyl (C=O) groups is 3. The molecule has 0 saturated carbocycles. The van der Waals surface area contributed by atoms with Crippen LogP contribution in [0, 0.1) is 0 Å². The van der Waals surface area contributed by atoms with Crippen molar-refractivity contribution in [3.8, 4) is 0 Å². The Morgan fingerprint density at radius 1 is 1.26 bits per heavy atom. The largest absolute Gasteiger partial charge is 0.440 e. The lowest BCUT2D eigenvalue weighted by atomic mass is 10.1. The molecule has 9 heteroatoms. The van der Waals surface area contributed by atoms with E-state index in [0.29, 0.717) is 10.5 Å². The van der Waals surface area contributed by atoms with Gasteiger partial charge in [-0.2, -0.15) is 13.2 Å². The molecule has 1 saturated heterocycles. The number of nitrogens with one attached hydrogen (secondary N) is 2. The molecule has 124 valence electrons. The van der Waals surface area contributed by atoms with E-state index in [4.69, 9.17) is 0 Å². The molecule has 1 fully saturated rings. The number of halogens is 3. The lowest BCUT2D eigenvalue weighted by Gasteiger charge is -2.30. The van der Waals surface area contributed by atoms with Crippen molar-refractivity contribution in [1.29, 1.82) is 0 Å². The zero-order valence-corrected chi connectivity index (χ0v) is 12.3. The number of imide groups is 1. The van der Waals surface area contributed by atoms with Crippen LogP contribution in [0.3, 0.4) is 0 Å². The predicted molar refractivity (Wildman–Crippen MR) is 72.8 cm³/mol. The molecule has 2 unspecified atom stereocenters. The Hall–Kier alpha value is -2.58. The average Bonchev–Trinajstić information content (AvgIpc) is 2.70. The summed E-state index contributed by atoms with van der Waals surface area (Å²) in [5.74, 6) is -2.66. The lowest BCUT2D eigenvalue weighted by molar-refractivity contribution is -0.204. The molecule has 2 N–H and O–H groups in total. The molecule has 1 aromatic rings. The van der Waals surface area contributed by atoms with Gasteiger partial charge in [-0.3, -0.25) is 19.8 Å². The van der Waals surface area contributed by atoms with Gasteiger partial charge in [0.2, 0.25) is 5.91 Å². The first-order valence-corrected chi connectivity index (χ1v) is 6.66. The summed E-state index contributed by atoms with van der Waals surface area (Å²) in [6.45, 7) is 2.25. The molecule has 6 nitrogen and oxygen atoms in total. The molecule has 4 amide bonds. The normalized spacial score (nSPS) is 22.7. The molecule has 0 bridgehead atoms. The fourth-order valence-corrected chi connectivity index (χ4v) is 2.39. The van der Waals surface area contributed by atoms with Crippen molar-refractivity contribution in [2.75, 3.05) is 0 Å². The minimum absolute atomic E-state index is 0.457. The quantitative estimate of drug-likeness (QED) is 0.829. The predicted octanol–water partition coefficient (Wildman–Crippen LogP) is 1.69. The molecule has 1 aliphatic rings. The first-order chi connectivity index (χ1) is 10.6. The Labute approximate surface area is 129 Å². The number of urea groups is 1. The minimum Gasteiger partial charge on any atom is -0.318 e. The van der Waals surface area contributed by atoms with Crippen LogP contribution < -0.4 is 10.6 Å². The third kappa shape index (κ3) is 2.73. The van der Waals surface area contributed by atoms with Crippen molar-refractivity contribution < 1.29 is 27.6 Å². The fraction of sp³-hybridized carbons (Fsp3) is 0.357. The summed E-state index contributed by atoms with van der Waals surface area (Å²) >= 11 is 0. The average molecular weight is 329 g/mol. The molecule has 0 radical (unpaired) electrons. The van der Waals surface area contributed by atoms with Gasteiger partial charge in [-0.05, 0) is 12.5 Å². The minimum atomic E-state index is -5.18. The van der Waals surface area contributed by atoms with Gasteiger partial charge >= 0.3 is 12.2 Å². The molecule has 1 aromatic carbocycles. The van der Waals surface area contributed by atoms with E-state index in [0.717, 1.165) is 6.92 Å². The van der Waals surface area contributed by atoms with Gasteiger partial charge in [0.15, 0.2) is 0 Å². The summed E-state index contributed by atoms with van der Waals surface area (Å²) in [5.41, 5.74) is -2.96. The maximum atomic E-state index is 13.4. The molecule has 0 spiro atoms. The third-order valence-electron chi connectivity index (χ3n) is 3.51. The number of alkyl halides is 3. The van der Waals surface area contributed by atoms with Crippen LogP contribution in [0.25, 0.3) is 0 Å². The molecule has 2 atom stereocenters. The van der Waals surface area contributed by atoms with Crippen molar-refractivity contribution in [3.63, 3.8) is 0 Å². The standard InChI is InChI=1S/C14H14F3N3O3/c1-8(10-6-4-3-5-7-10)20-11(22)13(14(15,16)17,18-9(2)21)19-12(20)23/h3-8H,1-2H3,(H,18,21)(H,19,23). The van der Waals surface area contributed by atoms with Gasteiger partial charge in [-0.15, -0.1) is 0 Å². The van der Waals surface area contributed by atoms with Gasteiger partial charge in [0.05, 0.1) is 6.04 Å². The van der Waals surface area contributed by atoms with Crippen LogP contribution in [0.2, 0.25) is 0 Å². The van der Waals surface area contributed by atoms with Gasteiger partial charge in [0.25, 0.3) is 11.6 Å². The molecule has 1 heterocycles. The van der Waals surface area contributed by atoms with Crippen molar-refractivity contribution in [3.05, 3.63) is 35.9 Å². The first kappa shape index (κ1) is 16.8. The fourth-order valence-electron chi connectivity index (χ4n) is 2.39. The van der Waals surface area contributed by atoms with Gasteiger partial charge in [-0.1, -0.05) is 30.3 Å². The van der Waals surface area contributed by atoms with Crippen molar-refractivity contribution in [1.82, 2.24) is 15.5 Å². The Morgan fingerprint density at radius 2 is 1.83 bits per heavy atom. The van der Waals surface area contributed by atoms with Crippen molar-refractivity contribution in [2.24, 2.45) is 0 Å². The highest BCUT2D eigenvalue weighted by atomic mass is 19.4. The second-order valence-electron chi connectivity index (χ2n) is 5.12. The van der Waals surface area contributed by atoms with E-state index in [2.05, 4.69) is 0 Å². The summed E-state index contributed by atoms with van der Waals surface area (Å²) in [6.07, 6.45) is -5.18. The lowest BCUT2D eigenvalue weighted by Crippen LogP contribution is -2.69. The topological polar surface area (TPSA) is 78.5 Å². The van der Waals surface area contributed by atoms with Gasteiger partial charge < -0.3 is 5.32 Å². The Morgan fingerprint density at radius 3 is 2.30 bits per heavy atom. The van der Waals surface area contributed by atoms with E-state index in [-0.39, 0.29) is 0 Å². The van der Waals surface area contributed by atoms with Crippen LogP contribution in [-0.4, -0.2) is 34.6 Å². The van der Waals surface area contributed by atoms with Crippen molar-refractivity contribution >= 4 is 17.8 Å². The Kier molecular flexibility index (Phi) is 4.06.